The van der Waals surface area contributed by atoms with Crippen molar-refractivity contribution < 1.29 is 9.50 Å². The molecule has 1 atom stereocenters. The maximum absolute atomic E-state index is 12.9. The maximum Gasteiger partial charge on any atom is 0.123 e. The van der Waals surface area contributed by atoms with Gasteiger partial charge >= 0.3 is 0 Å². The predicted octanol–water partition coefficient (Wildman–Crippen LogP) is 3.48. The van der Waals surface area contributed by atoms with Crippen LogP contribution in [0.3, 0.4) is 0 Å². The molecule has 0 spiro atoms. The van der Waals surface area contributed by atoms with Crippen LogP contribution < -0.4 is 0 Å². The van der Waals surface area contributed by atoms with E-state index in [1.54, 1.807) is 12.1 Å². The van der Waals surface area contributed by atoms with Crippen LogP contribution in [-0.2, 0) is 0 Å². The highest BCUT2D eigenvalue weighted by Crippen LogP contribution is 2.31. The first-order valence-electron chi connectivity index (χ1n) is 6.55. The van der Waals surface area contributed by atoms with Gasteiger partial charge in [0.25, 0.3) is 0 Å². The van der Waals surface area contributed by atoms with Gasteiger partial charge in [0.2, 0.25) is 0 Å². The summed E-state index contributed by atoms with van der Waals surface area (Å²) in [7, 11) is 0. The number of halogens is 2. The zero-order valence-corrected chi connectivity index (χ0v) is 12.4. The van der Waals surface area contributed by atoms with Gasteiger partial charge in [-0.1, -0.05) is 34.6 Å². The third kappa shape index (κ3) is 4.13. The van der Waals surface area contributed by atoms with Crippen LogP contribution in [0.2, 0.25) is 0 Å². The molecule has 104 valence electrons. The highest BCUT2D eigenvalue weighted by atomic mass is 79.9. The molecule has 0 aromatic heterocycles. The van der Waals surface area contributed by atoms with E-state index >= 15 is 0 Å². The Balaban J connectivity index is 1.90. The second-order valence-corrected chi connectivity index (χ2v) is 6.25. The van der Waals surface area contributed by atoms with Crippen LogP contribution in [0.1, 0.15) is 24.5 Å². The van der Waals surface area contributed by atoms with Gasteiger partial charge in [-0.25, -0.2) is 4.39 Å². The summed E-state index contributed by atoms with van der Waals surface area (Å²) in [6.45, 7) is 6.64. The summed E-state index contributed by atoms with van der Waals surface area (Å²) >= 11 is 3.38. The van der Waals surface area contributed by atoms with Gasteiger partial charge in [0.05, 0.1) is 6.10 Å². The van der Waals surface area contributed by atoms with Gasteiger partial charge in [0, 0.05) is 11.0 Å². The molecule has 0 bridgehead atoms. The van der Waals surface area contributed by atoms with Crippen molar-refractivity contribution in [2.75, 3.05) is 19.6 Å². The molecule has 0 saturated carbocycles. The molecule has 1 aliphatic rings. The Morgan fingerprint density at radius 1 is 1.37 bits per heavy atom. The van der Waals surface area contributed by atoms with E-state index in [2.05, 4.69) is 27.4 Å². The molecule has 1 aromatic rings. The quantitative estimate of drug-likeness (QED) is 0.915. The lowest BCUT2D eigenvalue weighted by atomic mass is 9.87. The summed E-state index contributed by atoms with van der Waals surface area (Å²) < 4.78 is 13.9. The number of aliphatic hydroxyl groups excluding tert-OH is 1. The molecule has 1 saturated heterocycles. The van der Waals surface area contributed by atoms with Crippen LogP contribution in [0.25, 0.3) is 0 Å². The van der Waals surface area contributed by atoms with Gasteiger partial charge in [-0.2, -0.15) is 0 Å². The van der Waals surface area contributed by atoms with Gasteiger partial charge in [0.15, 0.2) is 0 Å². The standard InChI is InChI=1S/C15H19BrFNO/c1-11(16)10-18-8-6-13(7-9-18)15(19)12-2-4-14(17)5-3-12/h2-5,13,15,19H,1,6-10H2. The van der Waals surface area contributed by atoms with Crippen molar-refractivity contribution in [1.29, 1.82) is 0 Å². The fourth-order valence-corrected chi connectivity index (χ4v) is 2.96. The number of hydrogen-bond donors (Lipinski definition) is 1. The number of benzene rings is 1. The van der Waals surface area contributed by atoms with Crippen LogP contribution in [-0.4, -0.2) is 29.6 Å². The second-order valence-electron chi connectivity index (χ2n) is 5.13. The minimum Gasteiger partial charge on any atom is -0.388 e. The lowest BCUT2D eigenvalue weighted by Gasteiger charge is -2.34. The number of nitrogens with zero attached hydrogens (tertiary/aromatic N) is 1. The van der Waals surface area contributed by atoms with Crippen LogP contribution in [0.15, 0.2) is 35.3 Å². The Bertz CT molecular complexity index is 426. The molecule has 2 rings (SSSR count). The molecule has 1 unspecified atom stereocenters. The molecule has 4 heteroatoms. The van der Waals surface area contributed by atoms with E-state index in [1.165, 1.54) is 12.1 Å². The van der Waals surface area contributed by atoms with Crippen LogP contribution in [0.5, 0.6) is 0 Å². The number of piperidine rings is 1. The molecule has 0 amide bonds. The third-order valence-corrected chi connectivity index (χ3v) is 3.94. The lowest BCUT2D eigenvalue weighted by Crippen LogP contribution is -2.36. The Morgan fingerprint density at radius 3 is 2.47 bits per heavy atom. The van der Waals surface area contributed by atoms with Crippen LogP contribution in [0.4, 0.5) is 4.39 Å². The zero-order valence-electron chi connectivity index (χ0n) is 10.9. The number of hydrogen-bond acceptors (Lipinski definition) is 2. The van der Waals surface area contributed by atoms with Crippen molar-refractivity contribution in [2.24, 2.45) is 5.92 Å². The van der Waals surface area contributed by atoms with Gasteiger partial charge < -0.3 is 5.11 Å². The van der Waals surface area contributed by atoms with Gasteiger partial charge in [-0.05, 0) is 49.5 Å². The SMILES string of the molecule is C=C(Br)CN1CCC(C(O)c2ccc(F)cc2)CC1. The summed E-state index contributed by atoms with van der Waals surface area (Å²) in [4.78, 5) is 2.32. The molecule has 2 nitrogen and oxygen atoms in total. The zero-order chi connectivity index (χ0) is 13.8. The molecular weight excluding hydrogens is 309 g/mol. The minimum atomic E-state index is -0.491. The normalized spacial score (nSPS) is 19.3. The minimum absolute atomic E-state index is 0.255. The first-order valence-corrected chi connectivity index (χ1v) is 7.34. The van der Waals surface area contributed by atoms with Crippen molar-refractivity contribution in [3.63, 3.8) is 0 Å². The first-order chi connectivity index (χ1) is 9.06. The fourth-order valence-electron chi connectivity index (χ4n) is 2.60. The molecule has 1 fully saturated rings. The van der Waals surface area contributed by atoms with E-state index < -0.39 is 6.10 Å². The van der Waals surface area contributed by atoms with Crippen molar-refractivity contribution in [3.8, 4) is 0 Å². The van der Waals surface area contributed by atoms with Gasteiger partial charge in [0.1, 0.15) is 5.82 Å². The molecule has 0 aliphatic carbocycles. The van der Waals surface area contributed by atoms with E-state index in [4.69, 9.17) is 0 Å². The molecule has 19 heavy (non-hydrogen) atoms. The maximum atomic E-state index is 12.9. The van der Waals surface area contributed by atoms with E-state index in [0.29, 0.717) is 0 Å². The molecular formula is C15H19BrFNO. The summed E-state index contributed by atoms with van der Waals surface area (Å²) in [6.07, 6.45) is 1.42. The average Bonchev–Trinajstić information content (AvgIpc) is 2.39. The summed E-state index contributed by atoms with van der Waals surface area (Å²) in [5, 5.41) is 10.3. The van der Waals surface area contributed by atoms with E-state index in [-0.39, 0.29) is 11.7 Å². The summed E-state index contributed by atoms with van der Waals surface area (Å²) in [5.41, 5.74) is 0.810. The molecule has 1 heterocycles. The first kappa shape index (κ1) is 14.7. The Labute approximate surface area is 122 Å². The number of likely N-dealkylation sites (tertiary alicyclic amines) is 1. The molecule has 1 aliphatic heterocycles. The topological polar surface area (TPSA) is 23.5 Å². The lowest BCUT2D eigenvalue weighted by molar-refractivity contribution is 0.0619. The largest absolute Gasteiger partial charge is 0.388 e. The Kier molecular flexibility index (Phi) is 5.13. The molecule has 0 radical (unpaired) electrons. The van der Waals surface area contributed by atoms with Crippen LogP contribution >= 0.6 is 15.9 Å². The van der Waals surface area contributed by atoms with Crippen LogP contribution in [0, 0.1) is 11.7 Å². The summed E-state index contributed by atoms with van der Waals surface area (Å²) in [6, 6.07) is 6.16. The third-order valence-electron chi connectivity index (χ3n) is 3.69. The Morgan fingerprint density at radius 2 is 1.95 bits per heavy atom. The number of rotatable bonds is 4. The van der Waals surface area contributed by atoms with Crippen molar-refractivity contribution in [1.82, 2.24) is 4.90 Å². The van der Waals surface area contributed by atoms with Crippen molar-refractivity contribution in [3.05, 3.63) is 46.7 Å². The van der Waals surface area contributed by atoms with E-state index in [9.17, 15) is 9.50 Å². The van der Waals surface area contributed by atoms with E-state index in [1.807, 2.05) is 0 Å². The van der Waals surface area contributed by atoms with Gasteiger partial charge in [-0.3, -0.25) is 4.90 Å². The highest BCUT2D eigenvalue weighted by Gasteiger charge is 2.26. The van der Waals surface area contributed by atoms with Gasteiger partial charge in [-0.15, -0.1) is 0 Å². The highest BCUT2D eigenvalue weighted by molar-refractivity contribution is 9.11. The monoisotopic (exact) mass is 327 g/mol. The predicted molar refractivity (Wildman–Crippen MR) is 78.6 cm³/mol. The average molecular weight is 328 g/mol. The fraction of sp³-hybridized carbons (Fsp3) is 0.467. The van der Waals surface area contributed by atoms with E-state index in [0.717, 1.165) is 42.5 Å². The molecule has 1 aromatic carbocycles. The Hall–Kier alpha value is -0.710. The smallest absolute Gasteiger partial charge is 0.123 e. The second kappa shape index (κ2) is 6.64. The molecule has 1 N–H and O–H groups in total. The van der Waals surface area contributed by atoms with Crippen molar-refractivity contribution in [2.45, 2.75) is 18.9 Å². The summed E-state index contributed by atoms with van der Waals surface area (Å²) in [5.74, 6) is -0.00750. The van der Waals surface area contributed by atoms with Crippen molar-refractivity contribution >= 4 is 15.9 Å². The number of aliphatic hydroxyl groups is 1.